The highest BCUT2D eigenvalue weighted by Crippen LogP contribution is 2.51. The lowest BCUT2D eigenvalue weighted by atomic mass is 9.60. The molecule has 1 aliphatic carbocycles. The van der Waals surface area contributed by atoms with Crippen LogP contribution in [0, 0.1) is 28.0 Å². The van der Waals surface area contributed by atoms with Crippen LogP contribution in [0.4, 0.5) is 31.9 Å². The van der Waals surface area contributed by atoms with Crippen molar-refractivity contribution >= 4 is 52.2 Å². The summed E-state index contributed by atoms with van der Waals surface area (Å²) in [5.74, 6) is -0.867. The van der Waals surface area contributed by atoms with Crippen LogP contribution in [-0.2, 0) is 4.79 Å². The van der Waals surface area contributed by atoms with Crippen molar-refractivity contribution in [3.8, 4) is 6.07 Å². The second kappa shape index (κ2) is 15.4. The molecule has 1 saturated carbocycles. The van der Waals surface area contributed by atoms with Crippen molar-refractivity contribution in [2.45, 2.75) is 70.4 Å². The summed E-state index contributed by atoms with van der Waals surface area (Å²) in [5, 5.41) is 12.2. The summed E-state index contributed by atoms with van der Waals surface area (Å²) in [6.07, 6.45) is 7.66. The summed E-state index contributed by atoms with van der Waals surface area (Å²) in [6, 6.07) is 21.6. The predicted octanol–water partition coefficient (Wildman–Crippen LogP) is 6.89. The highest BCUT2D eigenvalue weighted by atomic mass is 35.5. The van der Waals surface area contributed by atoms with E-state index in [1.165, 1.54) is 0 Å². The van der Waals surface area contributed by atoms with E-state index in [9.17, 15) is 19.6 Å². The molecule has 13 heteroatoms. The Morgan fingerprint density at radius 1 is 0.776 bits per heavy atom. The molecule has 9 rings (SSSR count). The van der Waals surface area contributed by atoms with Gasteiger partial charge in [0.25, 0.3) is 5.91 Å². The molecule has 1 atom stereocenters. The van der Waals surface area contributed by atoms with Gasteiger partial charge in [0, 0.05) is 107 Å². The van der Waals surface area contributed by atoms with Gasteiger partial charge in [0.2, 0.25) is 5.91 Å². The average molecular weight is 807 g/mol. The Bertz CT molecular complexity index is 2110. The molecule has 3 aromatic rings. The number of piperazine rings is 1. The number of imide groups is 1. The van der Waals surface area contributed by atoms with Crippen molar-refractivity contribution in [2.24, 2.45) is 10.8 Å². The van der Waals surface area contributed by atoms with E-state index in [1.54, 1.807) is 23.1 Å². The normalized spacial score (nSPS) is 23.6. The van der Waals surface area contributed by atoms with Crippen LogP contribution in [0.3, 0.4) is 0 Å². The molecule has 6 fully saturated rings. The fraction of sp³-hybridized carbons (Fsp3) is 0.511. The lowest BCUT2D eigenvalue weighted by Gasteiger charge is -2.56. The molecule has 5 aliphatic heterocycles. The third-order valence-corrected chi connectivity index (χ3v) is 14.7. The number of carbonyl (C=O) groups is 3. The zero-order chi connectivity index (χ0) is 40.2. The molecule has 58 heavy (non-hydrogen) atoms. The van der Waals surface area contributed by atoms with Crippen LogP contribution in [0.1, 0.15) is 74.2 Å². The van der Waals surface area contributed by atoms with Crippen LogP contribution in [0.2, 0.25) is 5.02 Å². The Labute approximate surface area is 345 Å². The van der Waals surface area contributed by atoms with Gasteiger partial charge in [-0.15, -0.1) is 0 Å². The second-order valence-electron chi connectivity index (χ2n) is 17.8. The van der Waals surface area contributed by atoms with Gasteiger partial charge in [0.1, 0.15) is 11.9 Å². The topological polar surface area (TPSA) is 106 Å². The number of nitrogens with zero attached hydrogens (tertiary/aromatic N) is 7. The van der Waals surface area contributed by atoms with Gasteiger partial charge >= 0.3 is 6.03 Å². The van der Waals surface area contributed by atoms with Crippen LogP contribution in [0.15, 0.2) is 60.7 Å². The molecule has 11 nitrogen and oxygen atoms in total. The fourth-order valence-electron chi connectivity index (χ4n) is 10.9. The van der Waals surface area contributed by atoms with E-state index in [1.807, 2.05) is 35.2 Å². The number of urea groups is 1. The van der Waals surface area contributed by atoms with Gasteiger partial charge < -0.3 is 19.6 Å². The number of hydrogen-bond acceptors (Lipinski definition) is 8. The minimum absolute atomic E-state index is 0.169. The molecular formula is C45H52ClFN8O3. The molecule has 1 N–H and O–H groups in total. The standard InChI is InChI=1S/C45H52ClFN8O3/c1-31-26-45(30-55(31)36-3-2-32(29-48)39(46)24-36)13-16-50(17-14-45)35-8-9-38(40(47)25-35)42(57)53-18-11-44(12-19-53)27-37(28-44)52-22-20-51(21-23-52)33-4-6-34(7-5-33)54-15-10-41(56)49-43(54)58/h2-9,24-25,31,37H,10-23,26-28,30H2,1H3,(H,49,56,58)/t31-/m1/s1. The molecule has 2 spiro atoms. The largest absolute Gasteiger partial charge is 0.371 e. The van der Waals surface area contributed by atoms with Gasteiger partial charge in [-0.1, -0.05) is 11.6 Å². The Balaban J connectivity index is 0.722. The highest BCUT2D eigenvalue weighted by Gasteiger charge is 2.49. The number of hydrogen-bond donors (Lipinski definition) is 1. The molecule has 0 bridgehead atoms. The lowest BCUT2D eigenvalue weighted by Crippen LogP contribution is -2.59. The number of rotatable bonds is 6. The Hall–Kier alpha value is -4.86. The first-order chi connectivity index (χ1) is 28.0. The smallest absolute Gasteiger partial charge is 0.328 e. The SMILES string of the molecule is C[C@@H]1CC2(CCN(c3ccc(C(=O)N4CCC5(CC4)CC(N4CCN(c6ccc(N7CCC(=O)NC7=O)cc6)CC4)C5)c(F)c3)CC2)CN1c1ccc(C#N)c(Cl)c1. The number of halogens is 2. The van der Waals surface area contributed by atoms with Gasteiger partial charge in [0.15, 0.2) is 0 Å². The molecule has 0 radical (unpaired) electrons. The van der Waals surface area contributed by atoms with E-state index in [4.69, 9.17) is 11.6 Å². The number of piperidine rings is 2. The van der Waals surface area contributed by atoms with E-state index in [2.05, 4.69) is 50.0 Å². The van der Waals surface area contributed by atoms with Crippen LogP contribution in [-0.4, -0.2) is 105 Å². The number of carbonyl (C=O) groups excluding carboxylic acids is 3. The maximum absolute atomic E-state index is 15.7. The van der Waals surface area contributed by atoms with Gasteiger partial charge in [0.05, 0.1) is 16.1 Å². The van der Waals surface area contributed by atoms with Crippen LogP contribution < -0.4 is 24.9 Å². The number of nitriles is 1. The Kier molecular flexibility index (Phi) is 10.3. The molecule has 5 saturated heterocycles. The molecule has 0 unspecified atom stereocenters. The minimum atomic E-state index is -0.438. The summed E-state index contributed by atoms with van der Waals surface area (Å²) >= 11 is 6.37. The Morgan fingerprint density at radius 3 is 2.07 bits per heavy atom. The molecule has 6 aliphatic rings. The van der Waals surface area contributed by atoms with Crippen LogP contribution in [0.5, 0.6) is 0 Å². The first kappa shape index (κ1) is 38.6. The quantitative estimate of drug-likeness (QED) is 0.287. The van der Waals surface area contributed by atoms with Gasteiger partial charge in [-0.25, -0.2) is 9.18 Å². The maximum Gasteiger partial charge on any atom is 0.328 e. The molecule has 5 heterocycles. The molecular weight excluding hydrogens is 755 g/mol. The summed E-state index contributed by atoms with van der Waals surface area (Å²) < 4.78 is 15.7. The predicted molar refractivity (Wildman–Crippen MR) is 224 cm³/mol. The van der Waals surface area contributed by atoms with Gasteiger partial charge in [-0.3, -0.25) is 24.7 Å². The molecule has 304 valence electrons. The van der Waals surface area contributed by atoms with E-state index in [0.717, 1.165) is 114 Å². The first-order valence-electron chi connectivity index (χ1n) is 21.0. The number of amides is 4. The van der Waals surface area contributed by atoms with Crippen molar-refractivity contribution in [2.75, 3.05) is 85.0 Å². The summed E-state index contributed by atoms with van der Waals surface area (Å²) in [6.45, 7) is 10.5. The average Bonchev–Trinajstić information content (AvgIpc) is 3.54. The van der Waals surface area contributed by atoms with Crippen LogP contribution in [0.25, 0.3) is 0 Å². The molecule has 3 aromatic carbocycles. The number of nitrogens with one attached hydrogen (secondary N) is 1. The monoisotopic (exact) mass is 806 g/mol. The second-order valence-corrected chi connectivity index (χ2v) is 18.2. The number of benzene rings is 3. The van der Waals surface area contributed by atoms with E-state index < -0.39 is 5.82 Å². The number of anilines is 4. The third-order valence-electron chi connectivity index (χ3n) is 14.4. The van der Waals surface area contributed by atoms with Crippen molar-refractivity contribution in [3.63, 3.8) is 0 Å². The molecule has 4 amide bonds. The zero-order valence-corrected chi connectivity index (χ0v) is 34.0. The fourth-order valence-corrected chi connectivity index (χ4v) is 11.1. The third kappa shape index (κ3) is 7.36. The van der Waals surface area contributed by atoms with E-state index in [-0.39, 0.29) is 34.2 Å². The lowest BCUT2D eigenvalue weighted by molar-refractivity contribution is -0.120. The zero-order valence-electron chi connectivity index (χ0n) is 33.3. The van der Waals surface area contributed by atoms with Crippen molar-refractivity contribution in [1.82, 2.24) is 15.1 Å². The van der Waals surface area contributed by atoms with E-state index in [0.29, 0.717) is 48.7 Å². The van der Waals surface area contributed by atoms with Crippen molar-refractivity contribution in [1.29, 1.82) is 5.26 Å². The van der Waals surface area contributed by atoms with E-state index >= 15 is 4.39 Å². The highest BCUT2D eigenvalue weighted by molar-refractivity contribution is 6.32. The summed E-state index contributed by atoms with van der Waals surface area (Å²) in [7, 11) is 0. The van der Waals surface area contributed by atoms with Crippen LogP contribution >= 0.6 is 11.6 Å². The first-order valence-corrected chi connectivity index (χ1v) is 21.4. The van der Waals surface area contributed by atoms with Crippen molar-refractivity contribution in [3.05, 3.63) is 82.6 Å². The maximum atomic E-state index is 15.7. The summed E-state index contributed by atoms with van der Waals surface area (Å²) in [4.78, 5) is 50.5. The minimum Gasteiger partial charge on any atom is -0.371 e. The summed E-state index contributed by atoms with van der Waals surface area (Å²) in [5.41, 5.74) is 4.95. The Morgan fingerprint density at radius 2 is 1.41 bits per heavy atom. The molecule has 0 aromatic heterocycles. The van der Waals surface area contributed by atoms with Gasteiger partial charge in [-0.05, 0) is 123 Å². The van der Waals surface area contributed by atoms with Gasteiger partial charge in [-0.2, -0.15) is 5.26 Å². The van der Waals surface area contributed by atoms with Crippen molar-refractivity contribution < 1.29 is 18.8 Å². The number of likely N-dealkylation sites (tertiary alicyclic amines) is 1.